The molecule has 1 aliphatic carbocycles. The van der Waals surface area contributed by atoms with E-state index in [0.717, 1.165) is 25.5 Å². The minimum Gasteiger partial charge on any atom is -0.481 e. The van der Waals surface area contributed by atoms with Gasteiger partial charge in [0, 0.05) is 32.0 Å². The van der Waals surface area contributed by atoms with Crippen LogP contribution < -0.4 is 4.74 Å². The number of methoxy groups -OCH3 is 1. The molecule has 3 rings (SSSR count). The lowest BCUT2D eigenvalue weighted by atomic mass is 10.2. The number of pyridine rings is 1. The molecule has 1 saturated carbocycles. The Labute approximate surface area is 118 Å². The second-order valence-corrected chi connectivity index (χ2v) is 5.53. The fraction of sp³-hybridized carbons (Fsp3) is 0.600. The Morgan fingerprint density at radius 1 is 1.40 bits per heavy atom. The van der Waals surface area contributed by atoms with Gasteiger partial charge in [-0.05, 0) is 31.2 Å². The van der Waals surface area contributed by atoms with Crippen LogP contribution in [-0.2, 0) is 4.74 Å². The number of carbonyl (C=O) groups excluding carboxylic acids is 1. The van der Waals surface area contributed by atoms with Crippen molar-refractivity contribution in [3.05, 3.63) is 23.9 Å². The quantitative estimate of drug-likeness (QED) is 0.822. The van der Waals surface area contributed by atoms with Gasteiger partial charge < -0.3 is 14.4 Å². The van der Waals surface area contributed by atoms with E-state index in [9.17, 15) is 4.79 Å². The summed E-state index contributed by atoms with van der Waals surface area (Å²) in [5.74, 6) is 1.32. The summed E-state index contributed by atoms with van der Waals surface area (Å²) in [6, 6.07) is 3.47. The predicted octanol–water partition coefficient (Wildman–Crippen LogP) is 1.73. The minimum absolute atomic E-state index is 0.0256. The van der Waals surface area contributed by atoms with E-state index in [4.69, 9.17) is 9.47 Å². The maximum atomic E-state index is 12.3. The highest BCUT2D eigenvalue weighted by atomic mass is 16.5. The molecule has 1 amide bonds. The Hall–Kier alpha value is -1.62. The molecular weight excluding hydrogens is 256 g/mol. The van der Waals surface area contributed by atoms with Crippen LogP contribution in [0.25, 0.3) is 0 Å². The van der Waals surface area contributed by atoms with Crippen molar-refractivity contribution in [1.82, 2.24) is 9.88 Å². The van der Waals surface area contributed by atoms with Crippen LogP contribution in [0.15, 0.2) is 18.3 Å². The van der Waals surface area contributed by atoms with Gasteiger partial charge in [0.15, 0.2) is 0 Å². The Bertz CT molecular complexity index is 471. The van der Waals surface area contributed by atoms with Gasteiger partial charge in [-0.15, -0.1) is 0 Å². The summed E-state index contributed by atoms with van der Waals surface area (Å²) >= 11 is 0. The second-order valence-electron chi connectivity index (χ2n) is 5.53. The van der Waals surface area contributed by atoms with Gasteiger partial charge in [0.05, 0.1) is 18.8 Å². The van der Waals surface area contributed by atoms with Crippen LogP contribution in [0.1, 0.15) is 29.6 Å². The zero-order valence-corrected chi connectivity index (χ0v) is 11.7. The van der Waals surface area contributed by atoms with Crippen LogP contribution in [0, 0.1) is 5.92 Å². The lowest BCUT2D eigenvalue weighted by molar-refractivity contribution is 0.0480. The average Bonchev–Trinajstić information content (AvgIpc) is 3.21. The van der Waals surface area contributed by atoms with Crippen molar-refractivity contribution in [2.45, 2.75) is 25.4 Å². The molecule has 0 N–H and O–H groups in total. The van der Waals surface area contributed by atoms with Gasteiger partial charge in [0.1, 0.15) is 0 Å². The van der Waals surface area contributed by atoms with E-state index in [-0.39, 0.29) is 12.0 Å². The van der Waals surface area contributed by atoms with Crippen molar-refractivity contribution >= 4 is 5.91 Å². The van der Waals surface area contributed by atoms with Crippen LogP contribution in [-0.4, -0.2) is 48.7 Å². The number of carbonyl (C=O) groups is 1. The van der Waals surface area contributed by atoms with E-state index in [0.29, 0.717) is 18.0 Å². The van der Waals surface area contributed by atoms with Gasteiger partial charge >= 0.3 is 0 Å². The van der Waals surface area contributed by atoms with Crippen LogP contribution >= 0.6 is 0 Å². The molecule has 2 heterocycles. The van der Waals surface area contributed by atoms with E-state index >= 15 is 0 Å². The van der Waals surface area contributed by atoms with E-state index < -0.39 is 0 Å². The monoisotopic (exact) mass is 276 g/mol. The molecular formula is C15H20N2O3. The highest BCUT2D eigenvalue weighted by molar-refractivity contribution is 5.94. The predicted molar refractivity (Wildman–Crippen MR) is 73.8 cm³/mol. The Morgan fingerprint density at radius 2 is 2.25 bits per heavy atom. The zero-order chi connectivity index (χ0) is 13.9. The smallest absolute Gasteiger partial charge is 0.255 e. The Morgan fingerprint density at radius 3 is 2.90 bits per heavy atom. The summed E-state index contributed by atoms with van der Waals surface area (Å²) in [7, 11) is 1.56. The number of rotatable bonds is 5. The molecule has 2 fully saturated rings. The lowest BCUT2D eigenvalue weighted by Gasteiger charge is -2.16. The van der Waals surface area contributed by atoms with Crippen molar-refractivity contribution in [2.75, 3.05) is 26.8 Å². The highest BCUT2D eigenvalue weighted by Gasteiger charge is 2.30. The molecule has 1 unspecified atom stereocenters. The molecule has 0 bridgehead atoms. The summed E-state index contributed by atoms with van der Waals surface area (Å²) in [6.07, 6.45) is 5.30. The Balaban J connectivity index is 1.54. The van der Waals surface area contributed by atoms with Crippen LogP contribution in [0.3, 0.4) is 0 Å². The van der Waals surface area contributed by atoms with Gasteiger partial charge in [0.25, 0.3) is 5.91 Å². The molecule has 20 heavy (non-hydrogen) atoms. The average molecular weight is 276 g/mol. The standard InChI is InChI=1S/C15H20N2O3/c1-19-14-5-4-12(8-16-14)15(18)17-7-6-13(9-17)20-10-11-2-3-11/h4-5,8,11,13H,2-3,6-7,9-10H2,1H3. The summed E-state index contributed by atoms with van der Waals surface area (Å²) in [5.41, 5.74) is 0.605. The lowest BCUT2D eigenvalue weighted by Crippen LogP contribution is -2.30. The third-order valence-corrected chi connectivity index (χ3v) is 3.89. The van der Waals surface area contributed by atoms with Gasteiger partial charge in [0.2, 0.25) is 5.88 Å². The number of hydrogen-bond acceptors (Lipinski definition) is 4. The van der Waals surface area contributed by atoms with Crippen molar-refractivity contribution in [3.63, 3.8) is 0 Å². The molecule has 0 spiro atoms. The number of hydrogen-bond donors (Lipinski definition) is 0. The summed E-state index contributed by atoms with van der Waals surface area (Å²) in [4.78, 5) is 18.3. The Kier molecular flexibility index (Phi) is 3.87. The first kappa shape index (κ1) is 13.4. The molecule has 1 saturated heterocycles. The fourth-order valence-electron chi connectivity index (χ4n) is 2.42. The van der Waals surface area contributed by atoms with Crippen LogP contribution in [0.4, 0.5) is 0 Å². The van der Waals surface area contributed by atoms with Crippen LogP contribution in [0.2, 0.25) is 0 Å². The number of ether oxygens (including phenoxy) is 2. The molecule has 5 heteroatoms. The van der Waals surface area contributed by atoms with Crippen LogP contribution in [0.5, 0.6) is 5.88 Å². The van der Waals surface area contributed by atoms with Gasteiger partial charge in [-0.2, -0.15) is 0 Å². The molecule has 5 nitrogen and oxygen atoms in total. The first-order valence-corrected chi connectivity index (χ1v) is 7.17. The van der Waals surface area contributed by atoms with Crippen molar-refractivity contribution in [1.29, 1.82) is 0 Å². The molecule has 1 aromatic heterocycles. The largest absolute Gasteiger partial charge is 0.481 e. The molecule has 2 aliphatic rings. The topological polar surface area (TPSA) is 51.7 Å². The third kappa shape index (κ3) is 3.10. The van der Waals surface area contributed by atoms with Gasteiger partial charge in [-0.25, -0.2) is 4.98 Å². The van der Waals surface area contributed by atoms with Crippen molar-refractivity contribution in [2.24, 2.45) is 5.92 Å². The maximum absolute atomic E-state index is 12.3. The van der Waals surface area contributed by atoms with Crippen molar-refractivity contribution < 1.29 is 14.3 Å². The van der Waals surface area contributed by atoms with E-state index in [1.54, 1.807) is 25.4 Å². The molecule has 1 aliphatic heterocycles. The van der Waals surface area contributed by atoms with E-state index in [2.05, 4.69) is 4.98 Å². The zero-order valence-electron chi connectivity index (χ0n) is 11.7. The van der Waals surface area contributed by atoms with E-state index in [1.807, 2.05) is 4.90 Å². The van der Waals surface area contributed by atoms with Crippen molar-refractivity contribution in [3.8, 4) is 5.88 Å². The summed E-state index contributed by atoms with van der Waals surface area (Å²) < 4.78 is 10.8. The summed E-state index contributed by atoms with van der Waals surface area (Å²) in [5, 5.41) is 0. The highest BCUT2D eigenvalue weighted by Crippen LogP contribution is 2.30. The minimum atomic E-state index is 0.0256. The third-order valence-electron chi connectivity index (χ3n) is 3.89. The van der Waals surface area contributed by atoms with Gasteiger partial charge in [-0.1, -0.05) is 0 Å². The normalized spacial score (nSPS) is 22.1. The number of likely N-dealkylation sites (tertiary alicyclic amines) is 1. The second kappa shape index (κ2) is 5.79. The number of amides is 1. The molecule has 108 valence electrons. The number of nitrogens with zero attached hydrogens (tertiary/aromatic N) is 2. The molecule has 1 aromatic rings. The first-order chi connectivity index (χ1) is 9.76. The SMILES string of the molecule is COc1ccc(C(=O)N2CCC(OCC3CC3)C2)cn1. The number of aromatic nitrogens is 1. The first-order valence-electron chi connectivity index (χ1n) is 7.17. The fourth-order valence-corrected chi connectivity index (χ4v) is 2.42. The summed E-state index contributed by atoms with van der Waals surface area (Å²) in [6.45, 7) is 2.31. The molecule has 0 aromatic carbocycles. The molecule has 0 radical (unpaired) electrons. The molecule has 1 atom stereocenters. The van der Waals surface area contributed by atoms with Gasteiger partial charge in [-0.3, -0.25) is 4.79 Å². The van der Waals surface area contributed by atoms with E-state index in [1.165, 1.54) is 12.8 Å². The maximum Gasteiger partial charge on any atom is 0.255 e.